The van der Waals surface area contributed by atoms with Crippen molar-refractivity contribution in [3.63, 3.8) is 0 Å². The standard InChI is InChI=1S/C18H14O7/c19-13-5-1-11(9-14(13)20)4-8-18(24)25-16-6-2-12(10-15(16)21)3-7-17(22)23/h1-10,19-21H,(H,22,23)/b7-3+,8-4+. The number of carboxylic acids is 1. The quantitative estimate of drug-likeness (QED) is 0.285. The highest BCUT2D eigenvalue weighted by Gasteiger charge is 2.07. The van der Waals surface area contributed by atoms with Crippen LogP contribution in [0, 0.1) is 0 Å². The predicted octanol–water partition coefficient (Wildman–Crippen LogP) is 2.52. The van der Waals surface area contributed by atoms with E-state index in [1.54, 1.807) is 0 Å². The van der Waals surface area contributed by atoms with Crippen LogP contribution in [0.1, 0.15) is 11.1 Å². The zero-order valence-electron chi connectivity index (χ0n) is 12.8. The minimum absolute atomic E-state index is 0.0873. The first kappa shape index (κ1) is 17.6. The summed E-state index contributed by atoms with van der Waals surface area (Å²) in [6.07, 6.45) is 4.65. The molecule has 7 nitrogen and oxygen atoms in total. The van der Waals surface area contributed by atoms with Crippen LogP contribution < -0.4 is 4.74 Å². The van der Waals surface area contributed by atoms with E-state index >= 15 is 0 Å². The minimum Gasteiger partial charge on any atom is -0.504 e. The maximum absolute atomic E-state index is 11.8. The third-order valence-corrected chi connectivity index (χ3v) is 3.02. The minimum atomic E-state index is -1.12. The summed E-state index contributed by atoms with van der Waals surface area (Å²) in [6, 6.07) is 8.08. The van der Waals surface area contributed by atoms with Gasteiger partial charge in [-0.2, -0.15) is 0 Å². The zero-order chi connectivity index (χ0) is 18.4. The van der Waals surface area contributed by atoms with Crippen molar-refractivity contribution in [1.29, 1.82) is 0 Å². The average molecular weight is 342 g/mol. The Kier molecular flexibility index (Phi) is 5.42. The van der Waals surface area contributed by atoms with Gasteiger partial charge in [0.15, 0.2) is 23.0 Å². The Morgan fingerprint density at radius 1 is 0.800 bits per heavy atom. The van der Waals surface area contributed by atoms with Gasteiger partial charge in [-0.1, -0.05) is 12.1 Å². The van der Waals surface area contributed by atoms with Crippen molar-refractivity contribution in [2.75, 3.05) is 0 Å². The van der Waals surface area contributed by atoms with E-state index in [-0.39, 0.29) is 23.0 Å². The number of hydrogen-bond acceptors (Lipinski definition) is 6. The maximum atomic E-state index is 11.8. The van der Waals surface area contributed by atoms with E-state index < -0.39 is 11.9 Å². The van der Waals surface area contributed by atoms with Crippen LogP contribution in [-0.2, 0) is 9.59 Å². The number of hydrogen-bond donors (Lipinski definition) is 4. The Labute approximate surface area is 142 Å². The molecule has 0 aliphatic rings. The van der Waals surface area contributed by atoms with E-state index in [2.05, 4.69) is 0 Å². The summed E-state index contributed by atoms with van der Waals surface area (Å²) in [4.78, 5) is 22.2. The van der Waals surface area contributed by atoms with E-state index in [4.69, 9.17) is 9.84 Å². The fourth-order valence-corrected chi connectivity index (χ4v) is 1.84. The van der Waals surface area contributed by atoms with Crippen LogP contribution in [0.4, 0.5) is 0 Å². The highest BCUT2D eigenvalue weighted by molar-refractivity contribution is 5.89. The van der Waals surface area contributed by atoms with Gasteiger partial charge in [-0.3, -0.25) is 0 Å². The highest BCUT2D eigenvalue weighted by atomic mass is 16.5. The number of carboxylic acid groups (broad SMARTS) is 1. The lowest BCUT2D eigenvalue weighted by Gasteiger charge is -2.05. The molecule has 0 aliphatic heterocycles. The van der Waals surface area contributed by atoms with Gasteiger partial charge < -0.3 is 25.2 Å². The number of phenols is 3. The Morgan fingerprint density at radius 3 is 2.00 bits per heavy atom. The number of benzene rings is 2. The Balaban J connectivity index is 2.05. The Morgan fingerprint density at radius 2 is 1.40 bits per heavy atom. The Bertz CT molecular complexity index is 866. The first-order valence-corrected chi connectivity index (χ1v) is 7.01. The summed E-state index contributed by atoms with van der Waals surface area (Å²) in [5.41, 5.74) is 0.889. The topological polar surface area (TPSA) is 124 Å². The molecule has 128 valence electrons. The van der Waals surface area contributed by atoms with E-state index in [9.17, 15) is 24.9 Å². The number of aliphatic carboxylic acids is 1. The summed E-state index contributed by atoms with van der Waals surface area (Å²) < 4.78 is 4.97. The molecule has 0 unspecified atom stereocenters. The van der Waals surface area contributed by atoms with Crippen LogP contribution in [0.3, 0.4) is 0 Å². The summed E-state index contributed by atoms with van der Waals surface area (Å²) in [7, 11) is 0. The zero-order valence-corrected chi connectivity index (χ0v) is 12.8. The van der Waals surface area contributed by atoms with Gasteiger partial charge in [-0.05, 0) is 47.5 Å². The van der Waals surface area contributed by atoms with Crippen molar-refractivity contribution in [2.24, 2.45) is 0 Å². The number of carbonyl (C=O) groups excluding carboxylic acids is 1. The fraction of sp³-hybridized carbons (Fsp3) is 0. The van der Waals surface area contributed by atoms with Crippen molar-refractivity contribution in [1.82, 2.24) is 0 Å². The second-order valence-electron chi connectivity index (χ2n) is 4.90. The van der Waals surface area contributed by atoms with Crippen molar-refractivity contribution in [3.05, 3.63) is 59.7 Å². The van der Waals surface area contributed by atoms with Crippen LogP contribution in [0.15, 0.2) is 48.6 Å². The molecule has 2 aromatic carbocycles. The predicted molar refractivity (Wildman–Crippen MR) is 89.2 cm³/mol. The lowest BCUT2D eigenvalue weighted by molar-refractivity contribution is -0.131. The summed E-state index contributed by atoms with van der Waals surface area (Å²) in [5.74, 6) is -2.90. The van der Waals surface area contributed by atoms with Crippen LogP contribution in [-0.4, -0.2) is 32.4 Å². The van der Waals surface area contributed by atoms with Crippen molar-refractivity contribution in [3.8, 4) is 23.0 Å². The number of carbonyl (C=O) groups is 2. The Hall–Kier alpha value is -3.74. The van der Waals surface area contributed by atoms with Crippen LogP contribution >= 0.6 is 0 Å². The fourth-order valence-electron chi connectivity index (χ4n) is 1.84. The van der Waals surface area contributed by atoms with Crippen LogP contribution in [0.2, 0.25) is 0 Å². The largest absolute Gasteiger partial charge is 0.504 e. The second-order valence-corrected chi connectivity index (χ2v) is 4.90. The molecule has 2 rings (SSSR count). The van der Waals surface area contributed by atoms with Gasteiger partial charge >= 0.3 is 11.9 Å². The normalized spacial score (nSPS) is 11.0. The lowest BCUT2D eigenvalue weighted by Crippen LogP contribution is -2.03. The lowest BCUT2D eigenvalue weighted by atomic mass is 10.2. The maximum Gasteiger partial charge on any atom is 0.336 e. The number of esters is 1. The highest BCUT2D eigenvalue weighted by Crippen LogP contribution is 2.28. The molecule has 0 spiro atoms. The number of phenolic OH excluding ortho intramolecular Hbond substituents is 3. The van der Waals surface area contributed by atoms with Gasteiger partial charge in [0.1, 0.15) is 0 Å². The molecular weight excluding hydrogens is 328 g/mol. The third kappa shape index (κ3) is 5.14. The first-order chi connectivity index (χ1) is 11.8. The van der Waals surface area contributed by atoms with E-state index in [1.807, 2.05) is 0 Å². The molecule has 0 amide bonds. The van der Waals surface area contributed by atoms with Gasteiger partial charge in [0, 0.05) is 12.2 Å². The van der Waals surface area contributed by atoms with E-state index in [0.29, 0.717) is 11.1 Å². The molecule has 0 heterocycles. The van der Waals surface area contributed by atoms with Crippen molar-refractivity contribution in [2.45, 2.75) is 0 Å². The number of ether oxygens (including phenoxy) is 1. The van der Waals surface area contributed by atoms with Crippen LogP contribution in [0.25, 0.3) is 12.2 Å². The SMILES string of the molecule is O=C(O)/C=C/c1ccc(OC(=O)/C=C/c2ccc(O)c(O)c2)c(O)c1. The molecule has 0 saturated heterocycles. The average Bonchev–Trinajstić information content (AvgIpc) is 2.56. The molecule has 0 atom stereocenters. The summed E-state index contributed by atoms with van der Waals surface area (Å²) >= 11 is 0. The monoisotopic (exact) mass is 342 g/mol. The van der Waals surface area contributed by atoms with Crippen molar-refractivity contribution < 1.29 is 34.8 Å². The molecule has 4 N–H and O–H groups in total. The third-order valence-electron chi connectivity index (χ3n) is 3.02. The van der Waals surface area contributed by atoms with E-state index in [1.165, 1.54) is 48.6 Å². The molecule has 2 aromatic rings. The van der Waals surface area contributed by atoms with Gasteiger partial charge in [0.05, 0.1) is 0 Å². The van der Waals surface area contributed by atoms with Crippen molar-refractivity contribution >= 4 is 24.1 Å². The summed E-state index contributed by atoms with van der Waals surface area (Å²) in [6.45, 7) is 0. The summed E-state index contributed by atoms with van der Waals surface area (Å²) in [5, 5.41) is 36.9. The molecule has 0 radical (unpaired) electrons. The number of rotatable bonds is 5. The molecular formula is C18H14O7. The molecule has 0 bridgehead atoms. The van der Waals surface area contributed by atoms with E-state index in [0.717, 1.165) is 12.2 Å². The molecule has 0 aromatic heterocycles. The molecule has 0 aliphatic carbocycles. The van der Waals surface area contributed by atoms with Gasteiger partial charge in [0.25, 0.3) is 0 Å². The van der Waals surface area contributed by atoms with Gasteiger partial charge in [0.2, 0.25) is 0 Å². The number of aromatic hydroxyl groups is 3. The van der Waals surface area contributed by atoms with Crippen LogP contribution in [0.5, 0.6) is 23.0 Å². The first-order valence-electron chi connectivity index (χ1n) is 7.01. The smallest absolute Gasteiger partial charge is 0.336 e. The van der Waals surface area contributed by atoms with Gasteiger partial charge in [-0.25, -0.2) is 9.59 Å². The molecule has 7 heteroatoms. The molecule has 0 saturated carbocycles. The van der Waals surface area contributed by atoms with Gasteiger partial charge in [-0.15, -0.1) is 0 Å². The molecule has 0 fully saturated rings. The molecule has 25 heavy (non-hydrogen) atoms. The second kappa shape index (κ2) is 7.69.